The summed E-state index contributed by atoms with van der Waals surface area (Å²) >= 11 is 0. The van der Waals surface area contributed by atoms with E-state index in [4.69, 9.17) is 4.99 Å². The van der Waals surface area contributed by atoms with Gasteiger partial charge in [0, 0.05) is 31.1 Å². The van der Waals surface area contributed by atoms with Gasteiger partial charge in [-0.25, -0.2) is 0 Å². The second-order valence-electron chi connectivity index (χ2n) is 7.04. The maximum atomic E-state index is 12.0. The third kappa shape index (κ3) is 5.10. The molecule has 1 aromatic carbocycles. The molecule has 3 N–H and O–H groups in total. The Morgan fingerprint density at radius 2 is 2.15 bits per heavy atom. The first-order valence-electron chi connectivity index (χ1n) is 9.85. The van der Waals surface area contributed by atoms with Crippen molar-refractivity contribution in [3.63, 3.8) is 0 Å². The number of fused-ring (bicyclic) bond motifs is 1. The van der Waals surface area contributed by atoms with Crippen molar-refractivity contribution in [3.05, 3.63) is 41.5 Å². The SMILES string of the molecule is CCNC(=NCC1CC(=O)Nc2ccccc21)NCCC1=CCCCC1. The lowest BCUT2D eigenvalue weighted by molar-refractivity contribution is -0.116. The van der Waals surface area contributed by atoms with Gasteiger partial charge in [-0.15, -0.1) is 0 Å². The number of nitrogens with one attached hydrogen (secondary N) is 3. The van der Waals surface area contributed by atoms with Crippen molar-refractivity contribution in [2.24, 2.45) is 4.99 Å². The van der Waals surface area contributed by atoms with Crippen LogP contribution in [0.5, 0.6) is 0 Å². The summed E-state index contributed by atoms with van der Waals surface area (Å²) in [6.07, 6.45) is 9.09. The second-order valence-corrected chi connectivity index (χ2v) is 7.04. The quantitative estimate of drug-likeness (QED) is 0.416. The van der Waals surface area contributed by atoms with E-state index in [2.05, 4.69) is 35.0 Å². The summed E-state index contributed by atoms with van der Waals surface area (Å²) in [5.41, 5.74) is 3.67. The first kappa shape index (κ1) is 18.5. The number of nitrogens with zero attached hydrogens (tertiary/aromatic N) is 1. The summed E-state index contributed by atoms with van der Waals surface area (Å²) in [4.78, 5) is 16.7. The normalized spacial score (nSPS) is 20.0. The number of carbonyl (C=O) groups is 1. The van der Waals surface area contributed by atoms with Crippen molar-refractivity contribution in [2.45, 2.75) is 51.4 Å². The topological polar surface area (TPSA) is 65.5 Å². The van der Waals surface area contributed by atoms with Crippen molar-refractivity contribution in [2.75, 3.05) is 25.0 Å². The van der Waals surface area contributed by atoms with Gasteiger partial charge >= 0.3 is 0 Å². The number of hydrogen-bond acceptors (Lipinski definition) is 2. The van der Waals surface area contributed by atoms with Crippen LogP contribution in [0.1, 0.15) is 56.9 Å². The van der Waals surface area contributed by atoms with E-state index in [0.717, 1.165) is 31.2 Å². The average molecular weight is 354 g/mol. The summed E-state index contributed by atoms with van der Waals surface area (Å²) in [5.74, 6) is 1.05. The summed E-state index contributed by atoms with van der Waals surface area (Å²) < 4.78 is 0. The third-order valence-electron chi connectivity index (χ3n) is 5.04. The van der Waals surface area contributed by atoms with Crippen molar-refractivity contribution < 1.29 is 4.79 Å². The average Bonchev–Trinajstić information content (AvgIpc) is 2.66. The lowest BCUT2D eigenvalue weighted by Gasteiger charge is -2.24. The monoisotopic (exact) mass is 354 g/mol. The van der Waals surface area contributed by atoms with Gasteiger partial charge in [0.1, 0.15) is 0 Å². The molecule has 1 aromatic rings. The molecule has 0 saturated carbocycles. The molecule has 5 nitrogen and oxygen atoms in total. The molecule has 0 saturated heterocycles. The molecule has 5 heteroatoms. The van der Waals surface area contributed by atoms with Crippen molar-refractivity contribution in [3.8, 4) is 0 Å². The minimum absolute atomic E-state index is 0.0751. The number of para-hydroxylation sites is 1. The first-order chi connectivity index (χ1) is 12.8. The molecule has 1 unspecified atom stereocenters. The largest absolute Gasteiger partial charge is 0.357 e. The van der Waals surface area contributed by atoms with Gasteiger partial charge < -0.3 is 16.0 Å². The molecule has 0 bridgehead atoms. The van der Waals surface area contributed by atoms with Gasteiger partial charge in [-0.05, 0) is 50.7 Å². The summed E-state index contributed by atoms with van der Waals surface area (Å²) in [5, 5.41) is 9.70. The number of carbonyl (C=O) groups excluding carboxylic acids is 1. The zero-order valence-corrected chi connectivity index (χ0v) is 15.7. The number of anilines is 1. The van der Waals surface area contributed by atoms with Crippen LogP contribution in [0.25, 0.3) is 0 Å². The molecular weight excluding hydrogens is 324 g/mol. The maximum absolute atomic E-state index is 12.0. The van der Waals surface area contributed by atoms with Crippen LogP contribution in [-0.4, -0.2) is 31.5 Å². The molecule has 140 valence electrons. The number of rotatable bonds is 6. The lowest BCUT2D eigenvalue weighted by atomic mass is 9.91. The number of aliphatic imine (C=N–C) groups is 1. The van der Waals surface area contributed by atoms with Crippen molar-refractivity contribution in [1.29, 1.82) is 0 Å². The van der Waals surface area contributed by atoms with Gasteiger partial charge in [0.25, 0.3) is 0 Å². The Labute approximate surface area is 156 Å². The molecule has 1 aliphatic heterocycles. The lowest BCUT2D eigenvalue weighted by Crippen LogP contribution is -2.38. The molecule has 0 fully saturated rings. The van der Waals surface area contributed by atoms with Crippen molar-refractivity contribution in [1.82, 2.24) is 10.6 Å². The van der Waals surface area contributed by atoms with Crippen LogP contribution in [0, 0.1) is 0 Å². The molecule has 26 heavy (non-hydrogen) atoms. The minimum Gasteiger partial charge on any atom is -0.357 e. The Balaban J connectivity index is 1.58. The fourth-order valence-electron chi connectivity index (χ4n) is 3.68. The number of amides is 1. The van der Waals surface area contributed by atoms with Crippen LogP contribution in [0.2, 0.25) is 0 Å². The van der Waals surface area contributed by atoms with Crippen molar-refractivity contribution >= 4 is 17.6 Å². The third-order valence-corrected chi connectivity index (χ3v) is 5.04. The number of benzene rings is 1. The Hall–Kier alpha value is -2.30. The van der Waals surface area contributed by atoms with E-state index in [9.17, 15) is 4.79 Å². The molecule has 1 heterocycles. The number of hydrogen-bond donors (Lipinski definition) is 3. The van der Waals surface area contributed by atoms with Gasteiger partial charge in [-0.1, -0.05) is 29.8 Å². The molecule has 2 aliphatic rings. The molecule has 0 radical (unpaired) electrons. The molecular formula is C21H30N4O. The summed E-state index contributed by atoms with van der Waals surface area (Å²) in [7, 11) is 0. The molecule has 1 aliphatic carbocycles. The summed E-state index contributed by atoms with van der Waals surface area (Å²) in [6.45, 7) is 4.42. The van der Waals surface area contributed by atoms with Crippen LogP contribution in [0.15, 0.2) is 40.9 Å². The smallest absolute Gasteiger partial charge is 0.225 e. The van der Waals surface area contributed by atoms with Gasteiger partial charge in [-0.2, -0.15) is 0 Å². The first-order valence-corrected chi connectivity index (χ1v) is 9.85. The number of allylic oxidation sites excluding steroid dienone is 1. The Bertz CT molecular complexity index is 680. The molecule has 3 rings (SSSR count). The molecule has 1 amide bonds. The predicted octanol–water partition coefficient (Wildman–Crippen LogP) is 3.56. The van der Waals surface area contributed by atoms with Gasteiger partial charge in [-0.3, -0.25) is 9.79 Å². The van der Waals surface area contributed by atoms with Gasteiger partial charge in [0.15, 0.2) is 5.96 Å². The van der Waals surface area contributed by atoms with Crippen LogP contribution in [-0.2, 0) is 4.79 Å². The van der Waals surface area contributed by atoms with Gasteiger partial charge in [0.2, 0.25) is 5.91 Å². The minimum atomic E-state index is 0.0751. The van der Waals surface area contributed by atoms with Gasteiger partial charge in [0.05, 0.1) is 6.54 Å². The highest BCUT2D eigenvalue weighted by atomic mass is 16.1. The van der Waals surface area contributed by atoms with E-state index >= 15 is 0 Å². The highest BCUT2D eigenvalue weighted by molar-refractivity contribution is 5.94. The summed E-state index contributed by atoms with van der Waals surface area (Å²) in [6, 6.07) is 8.03. The van der Waals surface area contributed by atoms with Crippen LogP contribution >= 0.6 is 0 Å². The predicted molar refractivity (Wildman–Crippen MR) is 108 cm³/mol. The zero-order chi connectivity index (χ0) is 18.2. The highest BCUT2D eigenvalue weighted by Gasteiger charge is 2.24. The van der Waals surface area contributed by atoms with E-state index in [1.165, 1.54) is 31.2 Å². The van der Waals surface area contributed by atoms with E-state index in [1.807, 2.05) is 18.2 Å². The fourth-order valence-corrected chi connectivity index (χ4v) is 3.68. The molecule has 0 aromatic heterocycles. The van der Waals surface area contributed by atoms with E-state index < -0.39 is 0 Å². The Morgan fingerprint density at radius 1 is 1.27 bits per heavy atom. The van der Waals surface area contributed by atoms with E-state index in [-0.39, 0.29) is 11.8 Å². The fraction of sp³-hybridized carbons (Fsp3) is 0.524. The molecule has 0 spiro atoms. The Morgan fingerprint density at radius 3 is 2.96 bits per heavy atom. The Kier molecular flexibility index (Phi) is 6.69. The standard InChI is InChI=1S/C21H30N4O/c1-2-22-21(23-13-12-16-8-4-3-5-9-16)24-15-17-14-20(26)25-19-11-7-6-10-18(17)19/h6-8,10-11,17H,2-5,9,12-15H2,1H3,(H,25,26)(H2,22,23,24). The molecule has 1 atom stereocenters. The highest BCUT2D eigenvalue weighted by Crippen LogP contribution is 2.31. The van der Waals surface area contributed by atoms with E-state index in [1.54, 1.807) is 5.57 Å². The number of guanidine groups is 1. The maximum Gasteiger partial charge on any atom is 0.225 e. The van der Waals surface area contributed by atoms with Crippen LogP contribution < -0.4 is 16.0 Å². The second kappa shape index (κ2) is 9.41. The van der Waals surface area contributed by atoms with Crippen LogP contribution in [0.4, 0.5) is 5.69 Å². The zero-order valence-electron chi connectivity index (χ0n) is 15.7. The van der Waals surface area contributed by atoms with E-state index in [0.29, 0.717) is 13.0 Å². The van der Waals surface area contributed by atoms with Crippen LogP contribution in [0.3, 0.4) is 0 Å².